The van der Waals surface area contributed by atoms with Crippen molar-refractivity contribution in [2.45, 2.75) is 31.2 Å². The van der Waals surface area contributed by atoms with Gasteiger partial charge in [0.05, 0.1) is 24.0 Å². The van der Waals surface area contributed by atoms with Crippen molar-refractivity contribution in [3.05, 3.63) is 89.7 Å². The number of aliphatic hydroxyl groups excluding tert-OH is 1. The van der Waals surface area contributed by atoms with Gasteiger partial charge in [-0.1, -0.05) is 36.4 Å². The van der Waals surface area contributed by atoms with Crippen LogP contribution in [0.2, 0.25) is 0 Å². The molecule has 0 amide bonds. The fraction of sp³-hybridized carbons (Fsp3) is 0.280. The average molecular weight is 514 g/mol. The lowest BCUT2D eigenvalue weighted by Gasteiger charge is -2.45. The third kappa shape index (κ3) is 6.01. The van der Waals surface area contributed by atoms with Crippen molar-refractivity contribution < 1.29 is 40.6 Å². The summed E-state index contributed by atoms with van der Waals surface area (Å²) in [5, 5.41) is 9.85. The fourth-order valence-electron chi connectivity index (χ4n) is 4.24. The molecule has 0 fully saturated rings. The molecule has 0 radical (unpaired) electrons. The molecule has 11 heteroatoms. The summed E-state index contributed by atoms with van der Waals surface area (Å²) in [4.78, 5) is 3.23. The van der Waals surface area contributed by atoms with Gasteiger partial charge in [-0.15, -0.1) is 13.2 Å². The molecule has 192 valence electrons. The Labute approximate surface area is 202 Å². The fourth-order valence-corrected chi connectivity index (χ4v) is 4.24. The van der Waals surface area contributed by atoms with Crippen LogP contribution in [-0.2, 0) is 6.54 Å². The molecule has 0 unspecified atom stereocenters. The summed E-state index contributed by atoms with van der Waals surface area (Å²) in [5.41, 5.74) is 1.92. The lowest BCUT2D eigenvalue weighted by molar-refractivity contribution is -0.274. The molecule has 3 aromatic rings. The monoisotopic (exact) mass is 514 g/mol. The average Bonchev–Trinajstić information content (AvgIpc) is 2.79. The maximum atomic E-state index is 13.6. The van der Waals surface area contributed by atoms with Crippen LogP contribution in [-0.4, -0.2) is 36.8 Å². The van der Waals surface area contributed by atoms with E-state index in [0.717, 1.165) is 0 Å². The minimum Gasteiger partial charge on any atom is -0.406 e. The van der Waals surface area contributed by atoms with Crippen LogP contribution in [0.3, 0.4) is 0 Å². The number of aliphatic hydroxyl groups is 1. The summed E-state index contributed by atoms with van der Waals surface area (Å²) in [5.74, 6) is -0.912. The summed E-state index contributed by atoms with van der Waals surface area (Å²) >= 11 is 0. The Morgan fingerprint density at radius 3 is 2.19 bits per heavy atom. The summed E-state index contributed by atoms with van der Waals surface area (Å²) in [6.45, 7) is -0.512. The van der Waals surface area contributed by atoms with Crippen LogP contribution in [0.15, 0.2) is 72.8 Å². The predicted molar refractivity (Wildman–Crippen MR) is 119 cm³/mol. The van der Waals surface area contributed by atoms with Gasteiger partial charge >= 0.3 is 12.5 Å². The van der Waals surface area contributed by atoms with E-state index in [2.05, 4.69) is 4.74 Å². The van der Waals surface area contributed by atoms with Gasteiger partial charge in [0.25, 0.3) is 0 Å². The van der Waals surface area contributed by atoms with Crippen LogP contribution < -0.4 is 14.5 Å². The molecule has 0 saturated heterocycles. The molecule has 0 spiro atoms. The smallest absolute Gasteiger partial charge is 0.406 e. The number of fused-ring (bicyclic) bond motifs is 1. The molecule has 0 bridgehead atoms. The van der Waals surface area contributed by atoms with Crippen molar-refractivity contribution in [3.63, 3.8) is 0 Å². The molecule has 0 aromatic heterocycles. The molecule has 0 saturated carbocycles. The van der Waals surface area contributed by atoms with Crippen LogP contribution in [0.1, 0.15) is 17.2 Å². The second-order valence-corrected chi connectivity index (χ2v) is 8.34. The molecule has 4 rings (SSSR count). The van der Waals surface area contributed by atoms with Gasteiger partial charge in [-0.2, -0.15) is 13.2 Å². The largest absolute Gasteiger partial charge is 0.573 e. The zero-order chi connectivity index (χ0) is 26.1. The second-order valence-electron chi connectivity index (χ2n) is 8.34. The molecule has 1 heterocycles. The lowest BCUT2D eigenvalue weighted by Crippen LogP contribution is -2.49. The number of anilines is 2. The minimum atomic E-state index is -4.86. The molecule has 1 aliphatic heterocycles. The van der Waals surface area contributed by atoms with Crippen molar-refractivity contribution in [3.8, 4) is 5.75 Å². The van der Waals surface area contributed by atoms with E-state index in [4.69, 9.17) is 0 Å². The van der Waals surface area contributed by atoms with Crippen molar-refractivity contribution >= 4 is 11.4 Å². The van der Waals surface area contributed by atoms with Crippen LogP contribution in [0.25, 0.3) is 0 Å². The van der Waals surface area contributed by atoms with Crippen molar-refractivity contribution in [1.82, 2.24) is 0 Å². The molecular weight excluding hydrogens is 493 g/mol. The molecule has 2 atom stereocenters. The minimum absolute atomic E-state index is 0.123. The molecular formula is C25H21F7N2O2. The number of nitrogens with zero attached hydrogens (tertiary/aromatic N) is 2. The Kier molecular flexibility index (Phi) is 7.03. The van der Waals surface area contributed by atoms with Crippen molar-refractivity contribution in [2.75, 3.05) is 22.9 Å². The van der Waals surface area contributed by atoms with E-state index in [9.17, 15) is 35.8 Å². The summed E-state index contributed by atoms with van der Waals surface area (Å²) < 4.78 is 95.3. The van der Waals surface area contributed by atoms with Gasteiger partial charge in [-0.3, -0.25) is 0 Å². The normalized spacial score (nSPS) is 17.1. The number of hydrogen-bond acceptors (Lipinski definition) is 4. The molecule has 3 aromatic carbocycles. The maximum Gasteiger partial charge on any atom is 0.573 e. The van der Waals surface area contributed by atoms with E-state index in [-0.39, 0.29) is 13.1 Å². The molecule has 0 aliphatic carbocycles. The Hall–Kier alpha value is -3.47. The Morgan fingerprint density at radius 2 is 1.56 bits per heavy atom. The Balaban J connectivity index is 1.71. The van der Waals surface area contributed by atoms with Gasteiger partial charge in [0.15, 0.2) is 6.10 Å². The van der Waals surface area contributed by atoms with Crippen molar-refractivity contribution in [1.29, 1.82) is 0 Å². The van der Waals surface area contributed by atoms with Gasteiger partial charge in [0.2, 0.25) is 0 Å². The van der Waals surface area contributed by atoms with Crippen LogP contribution in [0.5, 0.6) is 5.75 Å². The number of hydrogen-bond donors (Lipinski definition) is 1. The summed E-state index contributed by atoms with van der Waals surface area (Å²) in [6.07, 6.45) is -12.3. The van der Waals surface area contributed by atoms with E-state index in [0.29, 0.717) is 22.5 Å². The number of benzene rings is 3. The summed E-state index contributed by atoms with van der Waals surface area (Å²) in [6, 6.07) is 16.6. The molecule has 36 heavy (non-hydrogen) atoms. The van der Waals surface area contributed by atoms with Crippen LogP contribution in [0, 0.1) is 5.82 Å². The number of rotatable bonds is 6. The Bertz CT molecular complexity index is 1180. The van der Waals surface area contributed by atoms with E-state index in [1.165, 1.54) is 47.4 Å². The van der Waals surface area contributed by atoms with Crippen LogP contribution in [0.4, 0.5) is 42.1 Å². The first-order chi connectivity index (χ1) is 16.9. The van der Waals surface area contributed by atoms with Gasteiger partial charge in [-0.25, -0.2) is 4.39 Å². The number of ether oxygens (including phenoxy) is 1. The zero-order valence-corrected chi connectivity index (χ0v) is 18.6. The highest BCUT2D eigenvalue weighted by atomic mass is 19.4. The van der Waals surface area contributed by atoms with Gasteiger partial charge in [0.1, 0.15) is 11.6 Å². The standard InChI is InChI=1S/C25H21F7N2O2/c26-18-10-8-17(9-11-18)22-14-33(13-16-4-3-5-19(12-16)36-25(30,31)32)20-6-1-2-7-21(20)34(22)15-23(35)24(27,28)29/h1-12,22-23,35H,13-15H2/t22-,23+/m0/s1. The van der Waals surface area contributed by atoms with Gasteiger partial charge in [-0.05, 0) is 47.5 Å². The first kappa shape index (κ1) is 25.6. The summed E-state index contributed by atoms with van der Waals surface area (Å²) in [7, 11) is 0. The number of β-amino-alcohol motifs (C(OH)–C–C–N with tert-alkyl or cyclic N) is 1. The zero-order valence-electron chi connectivity index (χ0n) is 18.6. The number of para-hydroxylation sites is 2. The topological polar surface area (TPSA) is 35.9 Å². The van der Waals surface area contributed by atoms with Crippen LogP contribution >= 0.6 is 0 Å². The van der Waals surface area contributed by atoms with E-state index >= 15 is 0 Å². The highest BCUT2D eigenvalue weighted by Gasteiger charge is 2.42. The quantitative estimate of drug-likeness (QED) is 0.397. The highest BCUT2D eigenvalue weighted by Crippen LogP contribution is 2.42. The molecule has 1 aliphatic rings. The first-order valence-electron chi connectivity index (χ1n) is 10.9. The maximum absolute atomic E-state index is 13.6. The first-order valence-corrected chi connectivity index (χ1v) is 10.9. The SMILES string of the molecule is O[C@H](CN1c2ccccc2N(Cc2cccc(OC(F)(F)F)c2)C[C@H]1c1ccc(F)cc1)C(F)(F)F. The molecule has 1 N–H and O–H groups in total. The number of halogens is 7. The third-order valence-electron chi connectivity index (χ3n) is 5.81. The highest BCUT2D eigenvalue weighted by molar-refractivity contribution is 5.74. The lowest BCUT2D eigenvalue weighted by atomic mass is 9.98. The predicted octanol–water partition coefficient (Wildman–Crippen LogP) is 6.22. The van der Waals surface area contributed by atoms with Gasteiger partial charge in [0, 0.05) is 13.1 Å². The Morgan fingerprint density at radius 1 is 0.889 bits per heavy atom. The molecule has 4 nitrogen and oxygen atoms in total. The van der Waals surface area contributed by atoms with Crippen molar-refractivity contribution in [2.24, 2.45) is 0 Å². The second kappa shape index (κ2) is 9.88. The van der Waals surface area contributed by atoms with E-state index < -0.39 is 42.8 Å². The number of alkyl halides is 6. The third-order valence-corrected chi connectivity index (χ3v) is 5.81. The van der Waals surface area contributed by atoms with E-state index in [1.54, 1.807) is 30.3 Å². The van der Waals surface area contributed by atoms with E-state index in [1.807, 2.05) is 4.90 Å². The van der Waals surface area contributed by atoms with Gasteiger partial charge < -0.3 is 19.6 Å².